The quantitative estimate of drug-likeness (QED) is 0.0137. The zero-order valence-corrected chi connectivity index (χ0v) is 54.4. The summed E-state index contributed by atoms with van der Waals surface area (Å²) in [7, 11) is 1.40. The molecule has 1 saturated heterocycles. The van der Waals surface area contributed by atoms with E-state index in [1.54, 1.807) is 12.2 Å². The van der Waals surface area contributed by atoms with E-state index in [4.69, 9.17) is 16.2 Å². The number of Topliss-reactive ketones (excluding diaryl/α,β-unsaturated/α-hetero) is 2. The summed E-state index contributed by atoms with van der Waals surface area (Å²) in [5.74, 6) is -7.01. The van der Waals surface area contributed by atoms with E-state index in [9.17, 15) is 83.7 Å². The van der Waals surface area contributed by atoms with Gasteiger partial charge in [-0.1, -0.05) is 57.6 Å². The van der Waals surface area contributed by atoms with Crippen LogP contribution < -0.4 is 54.0 Å². The Kier molecular flexibility index (Phi) is 36.0. The molecular weight excluding hydrogens is 1190 g/mol. The van der Waals surface area contributed by atoms with Crippen molar-refractivity contribution in [2.45, 2.75) is 228 Å². The second-order valence-corrected chi connectivity index (χ2v) is 25.2. The fourth-order valence-corrected chi connectivity index (χ4v) is 11.7. The molecule has 19 N–H and O–H groups in total. The first-order valence-corrected chi connectivity index (χ1v) is 32.3. The van der Waals surface area contributed by atoms with E-state index in [1.165, 1.54) is 41.7 Å². The number of carboxylic acid groups (broad SMARTS) is 1. The van der Waals surface area contributed by atoms with Crippen LogP contribution >= 0.6 is 11.8 Å². The minimum atomic E-state index is -2.16. The highest BCUT2D eigenvalue weighted by Crippen LogP contribution is 2.53. The minimum absolute atomic E-state index is 0.0135. The summed E-state index contributed by atoms with van der Waals surface area (Å²) in [4.78, 5) is 133. The van der Waals surface area contributed by atoms with Gasteiger partial charge in [0.15, 0.2) is 5.78 Å². The van der Waals surface area contributed by atoms with Crippen LogP contribution in [-0.2, 0) is 52.7 Å². The molecule has 0 spiro atoms. The number of nitrogens with one attached hydrogen (secondary N) is 8. The van der Waals surface area contributed by atoms with Gasteiger partial charge < -0.3 is 94.5 Å². The van der Waals surface area contributed by atoms with Crippen LogP contribution in [0.5, 0.6) is 0 Å². The van der Waals surface area contributed by atoms with Crippen molar-refractivity contribution in [2.24, 2.45) is 28.3 Å². The van der Waals surface area contributed by atoms with Gasteiger partial charge in [-0.15, -0.1) is 11.8 Å². The van der Waals surface area contributed by atoms with Crippen LogP contribution in [0.25, 0.3) is 0 Å². The van der Waals surface area contributed by atoms with Gasteiger partial charge in [-0.25, -0.2) is 0 Å². The zero-order valence-electron chi connectivity index (χ0n) is 53.6. The number of thioether (sulfide) groups is 1. The molecule has 2 fully saturated rings. The first kappa shape index (κ1) is 80.4. The number of carbonyl (C=O) groups is 10. The van der Waals surface area contributed by atoms with Crippen molar-refractivity contribution in [1.29, 1.82) is 0 Å². The fourth-order valence-electron chi connectivity index (χ4n) is 10.5. The van der Waals surface area contributed by atoms with Gasteiger partial charge in [-0.05, 0) is 86.6 Å². The lowest BCUT2D eigenvalue weighted by molar-refractivity contribution is -0.349. The predicted octanol–water partition coefficient (Wildman–Crippen LogP) is -1.90. The number of aliphatic carboxylic acids is 1. The van der Waals surface area contributed by atoms with Crippen molar-refractivity contribution in [3.8, 4) is 0 Å². The van der Waals surface area contributed by atoms with Crippen LogP contribution in [-0.4, -0.2) is 223 Å². The van der Waals surface area contributed by atoms with Gasteiger partial charge in [0.1, 0.15) is 51.5 Å². The molecule has 1 heterocycles. The van der Waals surface area contributed by atoms with E-state index < -0.39 is 131 Å². The van der Waals surface area contributed by atoms with Crippen LogP contribution in [0.1, 0.15) is 164 Å². The number of amides is 7. The fraction of sp³-hybridized carbons (Fsp3) is 0.783. The number of hydrogen-bond acceptors (Lipinski definition) is 21. The molecule has 0 aromatic heterocycles. The third-order valence-corrected chi connectivity index (χ3v) is 18.4. The largest absolute Gasteiger partial charge is 0.481 e. The molecule has 514 valence electrons. The lowest BCUT2D eigenvalue weighted by Crippen LogP contribution is -2.80. The molecule has 0 radical (unpaired) electrons. The van der Waals surface area contributed by atoms with Crippen molar-refractivity contribution in [3.05, 3.63) is 12.2 Å². The van der Waals surface area contributed by atoms with E-state index in [2.05, 4.69) is 54.5 Å². The van der Waals surface area contributed by atoms with Gasteiger partial charge >= 0.3 is 5.97 Å². The average molecular weight is 1300 g/mol. The number of carboxylic acids is 1. The number of aliphatic hydroxyl groups is 6. The molecule has 1 saturated carbocycles. The minimum Gasteiger partial charge on any atom is -0.481 e. The van der Waals surface area contributed by atoms with Crippen molar-refractivity contribution in [3.63, 3.8) is 0 Å². The number of nitrogens with zero attached hydrogens (tertiary/aromatic N) is 1. The van der Waals surface area contributed by atoms with Gasteiger partial charge in [0, 0.05) is 83.1 Å². The molecule has 2 rings (SSSR count). The maximum atomic E-state index is 14.1. The number of ether oxygens (including phenoxy) is 1. The van der Waals surface area contributed by atoms with Crippen molar-refractivity contribution >= 4 is 76.5 Å². The number of unbranched alkanes of at least 4 members (excludes halogenated alkanes) is 5. The summed E-state index contributed by atoms with van der Waals surface area (Å²) in [6, 6.07) is -5.42. The second kappa shape index (κ2) is 40.3. The molecule has 1 aliphatic carbocycles. The van der Waals surface area contributed by atoms with Crippen molar-refractivity contribution in [1.82, 2.24) is 42.5 Å². The number of hydrogen-bond donors (Lipinski definition) is 17. The number of nitrogens with two attached hydrogens (primary N) is 2. The molecule has 29 nitrogen and oxygen atoms in total. The highest BCUT2D eigenvalue weighted by molar-refractivity contribution is 8.01. The van der Waals surface area contributed by atoms with Gasteiger partial charge in [0.25, 0.3) is 0 Å². The summed E-state index contributed by atoms with van der Waals surface area (Å²) in [5.41, 5.74) is 5.39. The molecular formula is C60H105N11O18S. The molecule has 0 aromatic rings. The molecule has 7 amide bonds. The van der Waals surface area contributed by atoms with Crippen molar-refractivity contribution in [2.75, 3.05) is 58.7 Å². The Morgan fingerprint density at radius 1 is 0.700 bits per heavy atom. The third kappa shape index (κ3) is 26.5. The maximum Gasteiger partial charge on any atom is 0.303 e. The van der Waals surface area contributed by atoms with E-state index in [0.29, 0.717) is 19.3 Å². The highest BCUT2D eigenvalue weighted by atomic mass is 32.2. The molecule has 13 atom stereocenters. The van der Waals surface area contributed by atoms with Crippen LogP contribution in [0.4, 0.5) is 0 Å². The van der Waals surface area contributed by atoms with E-state index in [1.807, 2.05) is 0 Å². The highest BCUT2D eigenvalue weighted by Gasteiger charge is 2.70. The standard InChI is InChI=1S/C60H105N11O18S/c1-8-9-12-15-38(74)18-19-40-39(45(75)34-46(40)76)16-13-10-11-14-17-49(77)66-32-33-68-51(79)24-20-41(37(2)73)69-55(84)43(71-56(85)44(21-25-50(78)65-29-28-61)70-54(83)42(63-7)23-27-53(81)82)22-26-52(80)67-31-30-64-48(62)36-90-60(6)59(5,88)58(4,87)57(3,86)47(35-72)89-60/h18-19,38-44,46-47,63,72,74,76,86-88H,8-17,20-36,61H2,1-7H3,(H2,62,64)(H,65,78)(H,66,77)(H,67,80)(H,68,79)(H,69,84)(H,70,83)(H,71,85)(H,81,82)/b19-18+. The number of amidine groups is 1. The van der Waals surface area contributed by atoms with Crippen LogP contribution in [0.2, 0.25) is 0 Å². The van der Waals surface area contributed by atoms with Gasteiger partial charge in [-0.3, -0.25) is 52.9 Å². The van der Waals surface area contributed by atoms with Crippen molar-refractivity contribution < 1.29 is 88.4 Å². The lowest BCUT2D eigenvalue weighted by Gasteiger charge is -2.61. The van der Waals surface area contributed by atoms with E-state index >= 15 is 0 Å². The monoisotopic (exact) mass is 1300 g/mol. The topological polar surface area (TPSA) is 482 Å². The lowest BCUT2D eigenvalue weighted by atomic mass is 9.66. The Morgan fingerprint density at radius 3 is 1.74 bits per heavy atom. The predicted molar refractivity (Wildman–Crippen MR) is 336 cm³/mol. The van der Waals surface area contributed by atoms with Crippen LogP contribution in [0.15, 0.2) is 17.1 Å². The second-order valence-electron chi connectivity index (χ2n) is 23.9. The first-order chi connectivity index (χ1) is 42.3. The first-order valence-electron chi connectivity index (χ1n) is 31.4. The zero-order chi connectivity index (χ0) is 67.8. The smallest absolute Gasteiger partial charge is 0.303 e. The summed E-state index contributed by atoms with van der Waals surface area (Å²) >= 11 is 0.951. The van der Waals surface area contributed by atoms with E-state index in [0.717, 1.165) is 50.3 Å². The summed E-state index contributed by atoms with van der Waals surface area (Å²) in [5, 5.41) is 94.5. The average Bonchev–Trinajstić information content (AvgIpc) is 1.47. The van der Waals surface area contributed by atoms with E-state index in [-0.39, 0.29) is 126 Å². The van der Waals surface area contributed by atoms with Crippen LogP contribution in [0.3, 0.4) is 0 Å². The number of rotatable bonds is 45. The van der Waals surface area contributed by atoms with Gasteiger partial charge in [0.2, 0.25) is 41.4 Å². The number of ketones is 2. The number of carbonyl (C=O) groups excluding carboxylic acids is 9. The Balaban J connectivity index is 2.09. The van der Waals surface area contributed by atoms with Gasteiger partial charge in [-0.2, -0.15) is 0 Å². The Hall–Kier alpha value is -5.70. The summed E-state index contributed by atoms with van der Waals surface area (Å²) < 4.78 is 5.91. The number of likely N-dealkylation sites (N-methyl/N-ethyl adjacent to an activating group) is 1. The third-order valence-electron chi connectivity index (χ3n) is 16.9. The molecule has 30 heteroatoms. The molecule has 2 aliphatic rings. The van der Waals surface area contributed by atoms with Crippen LogP contribution in [0, 0.1) is 11.8 Å². The molecule has 0 aromatic carbocycles. The Morgan fingerprint density at radius 2 is 1.21 bits per heavy atom. The Labute approximate surface area is 532 Å². The van der Waals surface area contributed by atoms with Gasteiger partial charge in [0.05, 0.1) is 43.2 Å². The molecule has 1 aliphatic heterocycles. The summed E-state index contributed by atoms with van der Waals surface area (Å²) in [6.45, 7) is 8.02. The molecule has 90 heavy (non-hydrogen) atoms. The maximum absolute atomic E-state index is 14.1. The number of aliphatic hydroxyl groups excluding tert-OH is 3. The molecule has 0 bridgehead atoms. The number of aliphatic imine (C=N–C) groups is 1. The normalized spacial score (nSPS) is 25.1. The SMILES string of the molecule is CCCCCC(O)/C=C/C1C(O)CC(=O)C1CCCCCCC(=O)NCCNC(=O)CCC(NC(=O)C(CCC(=O)NCCN=C(N)CSC1(C)OC(CO)C(C)(O)C(C)(O)C1(C)O)NC(=O)C(CCC(=O)NCCN)NC(=O)C(CCC(=O)O)NC)C(C)=O. The Bertz CT molecular complexity index is 2420. The summed E-state index contributed by atoms with van der Waals surface area (Å²) in [6.07, 6.45) is 5.71. The molecule has 13 unspecified atom stereocenters.